The minimum absolute atomic E-state index is 0.107. The van der Waals surface area contributed by atoms with Gasteiger partial charge >= 0.3 is 39.5 Å². The van der Waals surface area contributed by atoms with Crippen LogP contribution in [-0.4, -0.2) is 96.7 Å². The van der Waals surface area contributed by atoms with Crippen molar-refractivity contribution >= 4 is 39.5 Å². The number of phosphoric ester groups is 2. The number of unbranched alkanes of at least 4 members (excludes halogenated alkanes) is 40. The third-order valence-corrected chi connectivity index (χ3v) is 17.7. The number of phosphoric acid groups is 2. The van der Waals surface area contributed by atoms with Crippen LogP contribution in [0, 0.1) is 5.92 Å². The number of hydrogen-bond donors (Lipinski definition) is 3. The van der Waals surface area contributed by atoms with Crippen LogP contribution in [0.5, 0.6) is 0 Å². The highest BCUT2D eigenvalue weighted by molar-refractivity contribution is 7.47. The van der Waals surface area contributed by atoms with Gasteiger partial charge in [-0.1, -0.05) is 298 Å². The number of aliphatic hydroxyl groups excluding tert-OH is 1. The zero-order valence-electron chi connectivity index (χ0n) is 56.2. The van der Waals surface area contributed by atoms with E-state index in [4.69, 9.17) is 37.0 Å². The Morgan fingerprint density at radius 1 is 0.310 bits per heavy atom. The molecule has 19 heteroatoms. The van der Waals surface area contributed by atoms with E-state index in [2.05, 4.69) is 34.6 Å². The van der Waals surface area contributed by atoms with E-state index in [0.717, 1.165) is 102 Å². The van der Waals surface area contributed by atoms with Gasteiger partial charge in [0.2, 0.25) is 0 Å². The topological polar surface area (TPSA) is 237 Å². The first kappa shape index (κ1) is 85.1. The molecule has 0 radical (unpaired) electrons. The first-order chi connectivity index (χ1) is 42.0. The summed E-state index contributed by atoms with van der Waals surface area (Å²) in [4.78, 5) is 72.2. The average molecular weight is 1280 g/mol. The smallest absolute Gasteiger partial charge is 0.462 e. The highest BCUT2D eigenvalue weighted by Crippen LogP contribution is 2.45. The first-order valence-corrected chi connectivity index (χ1v) is 38.6. The van der Waals surface area contributed by atoms with Crippen molar-refractivity contribution < 1.29 is 80.2 Å². The van der Waals surface area contributed by atoms with E-state index in [-0.39, 0.29) is 25.7 Å². The van der Waals surface area contributed by atoms with Gasteiger partial charge in [0.05, 0.1) is 26.4 Å². The molecule has 0 saturated heterocycles. The lowest BCUT2D eigenvalue weighted by Gasteiger charge is -2.21. The Kier molecular flexibility index (Phi) is 60.2. The van der Waals surface area contributed by atoms with E-state index in [9.17, 15) is 43.2 Å². The number of esters is 4. The Morgan fingerprint density at radius 3 is 0.782 bits per heavy atom. The van der Waals surface area contributed by atoms with Gasteiger partial charge in [0.15, 0.2) is 12.2 Å². The number of carbonyl (C=O) groups is 4. The molecule has 17 nitrogen and oxygen atoms in total. The van der Waals surface area contributed by atoms with Gasteiger partial charge in [0, 0.05) is 25.7 Å². The predicted molar refractivity (Wildman–Crippen MR) is 349 cm³/mol. The molecule has 0 aromatic heterocycles. The molecule has 0 aliphatic carbocycles. The van der Waals surface area contributed by atoms with Crippen LogP contribution in [0.15, 0.2) is 0 Å². The summed E-state index contributed by atoms with van der Waals surface area (Å²) >= 11 is 0. The summed E-state index contributed by atoms with van der Waals surface area (Å²) in [6.07, 6.45) is 47.4. The van der Waals surface area contributed by atoms with E-state index in [1.165, 1.54) is 167 Å². The molecule has 0 saturated carbocycles. The molecular formula is C68H132O17P2. The summed E-state index contributed by atoms with van der Waals surface area (Å²) in [5.74, 6) is -1.34. The molecule has 0 amide bonds. The van der Waals surface area contributed by atoms with Crippen LogP contribution in [0.3, 0.4) is 0 Å². The van der Waals surface area contributed by atoms with Crippen LogP contribution in [0.1, 0.15) is 349 Å². The van der Waals surface area contributed by atoms with Crippen LogP contribution in [0.25, 0.3) is 0 Å². The molecule has 0 bridgehead atoms. The first-order valence-electron chi connectivity index (χ1n) is 35.6. The van der Waals surface area contributed by atoms with E-state index < -0.39 is 97.5 Å². The summed E-state index contributed by atoms with van der Waals surface area (Å²) in [6, 6.07) is 0. The van der Waals surface area contributed by atoms with Crippen molar-refractivity contribution in [3.8, 4) is 0 Å². The van der Waals surface area contributed by atoms with Gasteiger partial charge in [-0.25, -0.2) is 9.13 Å². The number of hydrogen-bond acceptors (Lipinski definition) is 15. The Balaban J connectivity index is 5.16. The second-order valence-corrected chi connectivity index (χ2v) is 27.9. The van der Waals surface area contributed by atoms with Crippen molar-refractivity contribution in [2.24, 2.45) is 5.92 Å². The fourth-order valence-corrected chi connectivity index (χ4v) is 11.9. The molecule has 0 aliphatic heterocycles. The Morgan fingerprint density at radius 2 is 0.529 bits per heavy atom. The second-order valence-electron chi connectivity index (χ2n) is 25.0. The van der Waals surface area contributed by atoms with Crippen molar-refractivity contribution in [2.75, 3.05) is 39.6 Å². The van der Waals surface area contributed by atoms with Gasteiger partial charge < -0.3 is 33.8 Å². The Bertz CT molecular complexity index is 1690. The summed E-state index contributed by atoms with van der Waals surface area (Å²) in [7, 11) is -9.88. The van der Waals surface area contributed by atoms with Crippen molar-refractivity contribution in [3.05, 3.63) is 0 Å². The SMILES string of the molecule is CCCCCCCCCCCCCCCC(=O)OC[C@H](COP(=O)(O)OC[C@@H](O)COP(=O)(O)OC[C@@H](COC(=O)CCCCCCC)OC(=O)CCCCCCCCCCCCCC)OC(=O)CCCCCCCCCCCCCCCCC(C)C. The third kappa shape index (κ3) is 62.6. The second kappa shape index (κ2) is 61.6. The lowest BCUT2D eigenvalue weighted by molar-refractivity contribution is -0.161. The quantitative estimate of drug-likeness (QED) is 0.0222. The van der Waals surface area contributed by atoms with Crippen LogP contribution < -0.4 is 0 Å². The zero-order chi connectivity index (χ0) is 64.2. The number of rotatable bonds is 68. The molecule has 0 aromatic rings. The molecule has 0 fully saturated rings. The van der Waals surface area contributed by atoms with Gasteiger partial charge in [-0.3, -0.25) is 37.3 Å². The zero-order valence-corrected chi connectivity index (χ0v) is 57.9. The van der Waals surface area contributed by atoms with Crippen molar-refractivity contribution in [3.63, 3.8) is 0 Å². The Labute approximate surface area is 530 Å². The van der Waals surface area contributed by atoms with Crippen molar-refractivity contribution in [1.82, 2.24) is 0 Å². The predicted octanol–water partition coefficient (Wildman–Crippen LogP) is 19.4. The standard InChI is InChI=1S/C68H132O17P2/c1-6-9-12-15-17-19-21-25-30-33-37-42-47-52-66(71)79-58-64(85-68(73)54-49-44-39-35-31-27-24-23-26-28-32-36-41-45-50-61(4)5)60-83-87(76,77)81-56-62(69)55-80-86(74,75)82-59-63(57-78-65(70)51-46-40-14-11-8-3)84-67(72)53-48-43-38-34-29-22-20-18-16-13-10-7-2/h61-64,69H,6-60H2,1-5H3,(H,74,75)(H,76,77)/t62-,63+,64+/m0/s1. The molecule has 0 rings (SSSR count). The lowest BCUT2D eigenvalue weighted by Crippen LogP contribution is -2.30. The van der Waals surface area contributed by atoms with Gasteiger partial charge in [0.1, 0.15) is 19.3 Å². The molecule has 3 N–H and O–H groups in total. The van der Waals surface area contributed by atoms with E-state index >= 15 is 0 Å². The largest absolute Gasteiger partial charge is 0.472 e. The molecule has 0 aliphatic rings. The number of carbonyl (C=O) groups excluding carboxylic acids is 4. The molecule has 0 spiro atoms. The van der Waals surface area contributed by atoms with E-state index in [0.29, 0.717) is 25.7 Å². The molecule has 87 heavy (non-hydrogen) atoms. The maximum Gasteiger partial charge on any atom is 0.472 e. The van der Waals surface area contributed by atoms with Crippen LogP contribution in [0.4, 0.5) is 0 Å². The molecule has 0 aromatic carbocycles. The minimum Gasteiger partial charge on any atom is -0.462 e. The average Bonchev–Trinajstić information content (AvgIpc) is 3.62. The number of ether oxygens (including phenoxy) is 4. The van der Waals surface area contributed by atoms with Gasteiger partial charge in [-0.2, -0.15) is 0 Å². The minimum atomic E-state index is -4.95. The van der Waals surface area contributed by atoms with E-state index in [1.54, 1.807) is 0 Å². The van der Waals surface area contributed by atoms with Crippen molar-refractivity contribution in [2.45, 2.75) is 368 Å². The Hall–Kier alpha value is -1.94. The molecule has 0 heterocycles. The molecule has 5 atom stereocenters. The summed E-state index contributed by atoms with van der Waals surface area (Å²) < 4.78 is 68.0. The van der Waals surface area contributed by atoms with Gasteiger partial charge in [-0.15, -0.1) is 0 Å². The normalized spacial score (nSPS) is 14.1. The lowest BCUT2D eigenvalue weighted by atomic mass is 10.0. The van der Waals surface area contributed by atoms with Crippen molar-refractivity contribution in [1.29, 1.82) is 0 Å². The van der Waals surface area contributed by atoms with Gasteiger partial charge in [0.25, 0.3) is 0 Å². The molecule has 516 valence electrons. The third-order valence-electron chi connectivity index (χ3n) is 15.8. The summed E-state index contributed by atoms with van der Waals surface area (Å²) in [5, 5.41) is 10.5. The van der Waals surface area contributed by atoms with E-state index in [1.807, 2.05) is 0 Å². The highest BCUT2D eigenvalue weighted by Gasteiger charge is 2.30. The van der Waals surface area contributed by atoms with Crippen LogP contribution in [0.2, 0.25) is 0 Å². The van der Waals surface area contributed by atoms with Crippen LogP contribution >= 0.6 is 15.6 Å². The highest BCUT2D eigenvalue weighted by atomic mass is 31.2. The van der Waals surface area contributed by atoms with Gasteiger partial charge in [-0.05, 0) is 31.6 Å². The summed E-state index contributed by atoms with van der Waals surface area (Å²) in [6.45, 7) is 7.17. The monoisotopic (exact) mass is 1280 g/mol. The molecule has 2 unspecified atom stereocenters. The van der Waals surface area contributed by atoms with Crippen LogP contribution in [-0.2, 0) is 65.4 Å². The molecular weight excluding hydrogens is 1150 g/mol. The fourth-order valence-electron chi connectivity index (χ4n) is 10.3. The summed E-state index contributed by atoms with van der Waals surface area (Å²) in [5.41, 5.74) is 0. The fraction of sp³-hybridized carbons (Fsp3) is 0.941. The maximum atomic E-state index is 13.0. The maximum absolute atomic E-state index is 13.0. The number of aliphatic hydroxyl groups is 1.